The minimum absolute atomic E-state index is 0.0779. The second-order valence-corrected chi connectivity index (χ2v) is 8.60. The van der Waals surface area contributed by atoms with Crippen LogP contribution in [0.25, 0.3) is 6.08 Å². The van der Waals surface area contributed by atoms with Gasteiger partial charge in [-0.05, 0) is 42.7 Å². The van der Waals surface area contributed by atoms with E-state index in [9.17, 15) is 41.0 Å². The molecule has 1 amide bonds. The van der Waals surface area contributed by atoms with E-state index in [0.717, 1.165) is 17.0 Å². The van der Waals surface area contributed by atoms with E-state index in [2.05, 4.69) is 0 Å². The highest BCUT2D eigenvalue weighted by Gasteiger charge is 2.46. The van der Waals surface area contributed by atoms with Crippen LogP contribution in [-0.4, -0.2) is 41.6 Å². The Kier molecular flexibility index (Phi) is 7.73. The standard InChI is InChI=1S/C23H19F6NO4S/c1-34-15-6-2-3-7-16(15)35-17-10-8-13(19(22(24,25)26)20(17)23(27,28)29)9-11-18(31)30-12-4-5-14(30)21(32)33/h2-3,6-11,14H,4-5,12H2,1H3,(H,32,33)/b11-9+/t14-/m0/s1. The van der Waals surface area contributed by atoms with Crippen LogP contribution in [0.1, 0.15) is 29.5 Å². The first-order chi connectivity index (χ1) is 16.3. The Hall–Kier alpha value is -3.15. The van der Waals surface area contributed by atoms with Gasteiger partial charge in [0.15, 0.2) is 0 Å². The zero-order valence-corrected chi connectivity index (χ0v) is 18.9. The zero-order chi connectivity index (χ0) is 26.0. The summed E-state index contributed by atoms with van der Waals surface area (Å²) in [6.07, 6.45) is -8.91. The molecule has 0 radical (unpaired) electrons. The lowest BCUT2D eigenvalue weighted by Crippen LogP contribution is -2.39. The summed E-state index contributed by atoms with van der Waals surface area (Å²) >= 11 is 0.470. The molecule has 0 spiro atoms. The lowest BCUT2D eigenvalue weighted by molar-refractivity contribution is -0.163. The topological polar surface area (TPSA) is 66.8 Å². The lowest BCUT2D eigenvalue weighted by Gasteiger charge is -2.22. The number of hydrogen-bond acceptors (Lipinski definition) is 4. The summed E-state index contributed by atoms with van der Waals surface area (Å²) in [5.74, 6) is -1.98. The van der Waals surface area contributed by atoms with Gasteiger partial charge in [-0.1, -0.05) is 30.0 Å². The van der Waals surface area contributed by atoms with Gasteiger partial charge in [-0.25, -0.2) is 4.79 Å². The summed E-state index contributed by atoms with van der Waals surface area (Å²) in [5, 5.41) is 9.18. The minimum atomic E-state index is -5.40. The molecule has 1 atom stereocenters. The predicted octanol–water partition coefficient (Wildman–Crippen LogP) is 5.97. The van der Waals surface area contributed by atoms with Gasteiger partial charge < -0.3 is 14.7 Å². The highest BCUT2D eigenvalue weighted by atomic mass is 32.2. The molecule has 1 saturated heterocycles. The maximum Gasteiger partial charge on any atom is 0.418 e. The number of hydrogen-bond donors (Lipinski definition) is 1. The molecule has 1 fully saturated rings. The molecule has 0 aliphatic carbocycles. The van der Waals surface area contributed by atoms with Crippen LogP contribution < -0.4 is 4.74 Å². The second-order valence-electron chi connectivity index (χ2n) is 7.51. The van der Waals surface area contributed by atoms with Gasteiger partial charge in [-0.2, -0.15) is 26.3 Å². The van der Waals surface area contributed by atoms with Crippen LogP contribution in [0.4, 0.5) is 26.3 Å². The van der Waals surface area contributed by atoms with Crippen molar-refractivity contribution in [3.8, 4) is 5.75 Å². The molecule has 2 aromatic rings. The summed E-state index contributed by atoms with van der Waals surface area (Å²) in [6.45, 7) is 0.0779. The van der Waals surface area contributed by atoms with Crippen LogP contribution in [0.3, 0.4) is 0 Å². The van der Waals surface area contributed by atoms with Crippen molar-refractivity contribution in [2.24, 2.45) is 0 Å². The van der Waals surface area contributed by atoms with Gasteiger partial charge in [0.2, 0.25) is 5.91 Å². The van der Waals surface area contributed by atoms with Crippen molar-refractivity contribution in [3.05, 3.63) is 59.2 Å². The first-order valence-electron chi connectivity index (χ1n) is 10.2. The number of carbonyl (C=O) groups excluding carboxylic acids is 1. The largest absolute Gasteiger partial charge is 0.496 e. The van der Waals surface area contributed by atoms with Gasteiger partial charge >= 0.3 is 18.3 Å². The first-order valence-corrected chi connectivity index (χ1v) is 11.0. The number of carboxylic acids is 1. The van der Waals surface area contributed by atoms with E-state index in [-0.39, 0.29) is 23.6 Å². The number of benzene rings is 2. The summed E-state index contributed by atoms with van der Waals surface area (Å²) < 4.78 is 88.9. The fourth-order valence-electron chi connectivity index (χ4n) is 3.78. The molecule has 1 aliphatic rings. The Bertz CT molecular complexity index is 1150. The third kappa shape index (κ3) is 5.92. The maximum atomic E-state index is 14.0. The van der Waals surface area contributed by atoms with Gasteiger partial charge in [-0.3, -0.25) is 4.79 Å². The Labute approximate surface area is 200 Å². The Morgan fingerprint density at radius 3 is 2.29 bits per heavy atom. The highest BCUT2D eigenvalue weighted by Crippen LogP contribution is 2.49. The van der Waals surface area contributed by atoms with Crippen LogP contribution in [0, 0.1) is 0 Å². The van der Waals surface area contributed by atoms with Gasteiger partial charge in [0.1, 0.15) is 11.8 Å². The molecule has 2 aromatic carbocycles. The van der Waals surface area contributed by atoms with Crippen molar-refractivity contribution in [1.29, 1.82) is 0 Å². The molecule has 1 aliphatic heterocycles. The number of halogens is 6. The van der Waals surface area contributed by atoms with Gasteiger partial charge in [0.25, 0.3) is 0 Å². The fourth-order valence-corrected chi connectivity index (χ4v) is 4.87. The number of alkyl halides is 6. The highest BCUT2D eigenvalue weighted by molar-refractivity contribution is 7.99. The zero-order valence-electron chi connectivity index (χ0n) is 18.1. The summed E-state index contributed by atoms with van der Waals surface area (Å²) in [6, 6.07) is 6.56. The van der Waals surface area contributed by atoms with Crippen LogP contribution in [0.2, 0.25) is 0 Å². The predicted molar refractivity (Wildman–Crippen MR) is 115 cm³/mol. The third-order valence-corrected chi connectivity index (χ3v) is 6.40. The average Bonchev–Trinajstić information content (AvgIpc) is 3.27. The number of carboxylic acid groups (broad SMARTS) is 1. The van der Waals surface area contributed by atoms with Crippen LogP contribution in [-0.2, 0) is 21.9 Å². The maximum absolute atomic E-state index is 14.0. The van der Waals surface area contributed by atoms with Crippen molar-refractivity contribution < 1.29 is 45.8 Å². The van der Waals surface area contributed by atoms with E-state index in [0.29, 0.717) is 30.3 Å². The molecular weight excluding hydrogens is 500 g/mol. The van der Waals surface area contributed by atoms with Gasteiger partial charge in [0.05, 0.1) is 23.1 Å². The lowest BCUT2D eigenvalue weighted by atomic mass is 9.99. The number of amides is 1. The van der Waals surface area contributed by atoms with Gasteiger partial charge in [-0.15, -0.1) is 0 Å². The smallest absolute Gasteiger partial charge is 0.418 e. The second kappa shape index (κ2) is 10.2. The van der Waals surface area contributed by atoms with E-state index >= 15 is 0 Å². The molecule has 12 heteroatoms. The fraction of sp³-hybridized carbons (Fsp3) is 0.304. The first kappa shape index (κ1) is 26.5. The van der Waals surface area contributed by atoms with Crippen molar-refractivity contribution in [2.45, 2.75) is 41.0 Å². The summed E-state index contributed by atoms with van der Waals surface area (Å²) in [4.78, 5) is 24.1. The molecule has 3 rings (SSSR count). The van der Waals surface area contributed by atoms with E-state index in [1.54, 1.807) is 6.07 Å². The van der Waals surface area contributed by atoms with E-state index in [1.165, 1.54) is 25.3 Å². The molecule has 0 bridgehead atoms. The molecule has 0 aromatic heterocycles. The number of carbonyl (C=O) groups is 2. The molecule has 188 valence electrons. The molecule has 1 N–H and O–H groups in total. The molecule has 35 heavy (non-hydrogen) atoms. The number of likely N-dealkylation sites (tertiary alicyclic amines) is 1. The molecule has 0 saturated carbocycles. The van der Waals surface area contributed by atoms with Gasteiger partial charge in [0, 0.05) is 17.5 Å². The Morgan fingerprint density at radius 1 is 1.03 bits per heavy atom. The Balaban J connectivity index is 2.09. The van der Waals surface area contributed by atoms with E-state index in [1.807, 2.05) is 0 Å². The van der Waals surface area contributed by atoms with Crippen molar-refractivity contribution in [3.63, 3.8) is 0 Å². The molecule has 1 heterocycles. The van der Waals surface area contributed by atoms with Crippen LogP contribution in [0.5, 0.6) is 5.75 Å². The Morgan fingerprint density at radius 2 is 1.69 bits per heavy atom. The number of rotatable bonds is 6. The number of methoxy groups -OCH3 is 1. The van der Waals surface area contributed by atoms with Crippen molar-refractivity contribution >= 4 is 29.7 Å². The minimum Gasteiger partial charge on any atom is -0.496 e. The monoisotopic (exact) mass is 519 g/mol. The SMILES string of the molecule is COc1ccccc1Sc1ccc(/C=C/C(=O)N2CCC[C@H]2C(=O)O)c(C(F)(F)F)c1C(F)(F)F. The molecular formula is C23H19F6NO4S. The molecule has 5 nitrogen and oxygen atoms in total. The van der Waals surface area contributed by atoms with E-state index in [4.69, 9.17) is 4.74 Å². The normalized spacial score (nSPS) is 16.7. The van der Waals surface area contributed by atoms with Crippen LogP contribution >= 0.6 is 11.8 Å². The van der Waals surface area contributed by atoms with E-state index < -0.39 is 51.9 Å². The van der Waals surface area contributed by atoms with Crippen molar-refractivity contribution in [2.75, 3.05) is 13.7 Å². The summed E-state index contributed by atoms with van der Waals surface area (Å²) in [5.41, 5.74) is -4.70. The quantitative estimate of drug-likeness (QED) is 0.376. The number of aliphatic carboxylic acids is 1. The number of para-hydroxylation sites is 1. The number of ether oxygens (including phenoxy) is 1. The molecule has 0 unspecified atom stereocenters. The summed E-state index contributed by atoms with van der Waals surface area (Å²) in [7, 11) is 1.28. The third-order valence-electron chi connectivity index (χ3n) is 5.28. The van der Waals surface area contributed by atoms with Crippen molar-refractivity contribution in [1.82, 2.24) is 4.90 Å². The van der Waals surface area contributed by atoms with Crippen LogP contribution in [0.15, 0.2) is 52.3 Å². The average molecular weight is 519 g/mol. The number of nitrogens with zero attached hydrogens (tertiary/aromatic N) is 1.